The molecule has 0 radical (unpaired) electrons. The molecule has 0 aromatic heterocycles. The van der Waals surface area contributed by atoms with Crippen LogP contribution in [0.4, 0.5) is 0 Å². The zero-order chi connectivity index (χ0) is 29.4. The van der Waals surface area contributed by atoms with Crippen LogP contribution in [0.1, 0.15) is 70.4 Å². The molecule has 2 aromatic carbocycles. The molecule has 0 bridgehead atoms. The van der Waals surface area contributed by atoms with E-state index in [9.17, 15) is 18.0 Å². The third-order valence-corrected chi connectivity index (χ3v) is 9.77. The van der Waals surface area contributed by atoms with Gasteiger partial charge in [-0.3, -0.25) is 9.59 Å². The molecule has 0 saturated heterocycles. The summed E-state index contributed by atoms with van der Waals surface area (Å²) in [6.45, 7) is 10.1. The molecule has 0 atom stereocenters. The Bertz CT molecular complexity index is 1560. The maximum atomic E-state index is 13.9. The van der Waals surface area contributed by atoms with Crippen molar-refractivity contribution in [3.8, 4) is 5.75 Å². The number of rotatable bonds is 4. The molecule has 5 rings (SSSR count). The lowest BCUT2D eigenvalue weighted by molar-refractivity contribution is -0.119. The highest BCUT2D eigenvalue weighted by Crippen LogP contribution is 2.56. The van der Waals surface area contributed by atoms with E-state index in [1.165, 1.54) is 18.2 Å². The quantitative estimate of drug-likeness (QED) is 0.340. The summed E-state index contributed by atoms with van der Waals surface area (Å²) in [6.07, 6.45) is 1.84. The number of benzene rings is 2. The first-order valence-electron chi connectivity index (χ1n) is 13.3. The van der Waals surface area contributed by atoms with E-state index < -0.39 is 16.0 Å². The van der Waals surface area contributed by atoms with Gasteiger partial charge in [-0.15, -0.1) is 0 Å². The molecule has 2 aliphatic carbocycles. The predicted octanol–water partition coefficient (Wildman–Crippen LogP) is 7.38. The Kier molecular flexibility index (Phi) is 7.04. The molecular formula is C31H33Cl2NO5S. The molecule has 9 heteroatoms. The number of nitrogens with zero attached hydrogens (tertiary/aromatic N) is 1. The first-order valence-corrected chi connectivity index (χ1v) is 15.4. The number of hydrogen-bond donors (Lipinski definition) is 0. The molecule has 0 amide bonds. The number of carbonyl (C=O) groups excluding carboxylic acids is 2. The van der Waals surface area contributed by atoms with Crippen LogP contribution in [-0.4, -0.2) is 31.9 Å². The number of Topliss-reactive ketones (excluding diaryl/α,β-unsaturated/α-hetero) is 2. The maximum Gasteiger partial charge on any atom is 0.339 e. The highest BCUT2D eigenvalue weighted by atomic mass is 35.5. The molecular weight excluding hydrogens is 569 g/mol. The van der Waals surface area contributed by atoms with E-state index in [-0.39, 0.29) is 43.1 Å². The van der Waals surface area contributed by atoms with Gasteiger partial charge in [0.15, 0.2) is 17.3 Å². The molecule has 0 unspecified atom stereocenters. The summed E-state index contributed by atoms with van der Waals surface area (Å²) in [5.74, 6) is -1.16. The molecule has 40 heavy (non-hydrogen) atoms. The van der Waals surface area contributed by atoms with Gasteiger partial charge in [-0.05, 0) is 54.9 Å². The van der Waals surface area contributed by atoms with Gasteiger partial charge >= 0.3 is 10.1 Å². The van der Waals surface area contributed by atoms with Crippen molar-refractivity contribution < 1.29 is 22.2 Å². The molecule has 0 N–H and O–H groups in total. The Morgan fingerprint density at radius 3 is 1.85 bits per heavy atom. The van der Waals surface area contributed by atoms with Crippen molar-refractivity contribution in [2.24, 2.45) is 10.8 Å². The zero-order valence-electron chi connectivity index (χ0n) is 23.5. The van der Waals surface area contributed by atoms with Crippen molar-refractivity contribution in [1.29, 1.82) is 0 Å². The minimum atomic E-state index is -4.30. The first kappa shape index (κ1) is 28.9. The van der Waals surface area contributed by atoms with Crippen molar-refractivity contribution >= 4 is 44.9 Å². The fourth-order valence-corrected chi connectivity index (χ4v) is 7.79. The molecule has 6 nitrogen and oxygen atoms in total. The Labute approximate surface area is 246 Å². The standard InChI is InChI=1S/C31H33Cl2NO5S/c1-17-7-9-19(10-8-17)40(37,38)39-29-20(11-18(32)12-21(29)33)26-27-22(13-30(2,3)15-24(27)35)34(6)23-14-31(4,5)16-25(36)28(23)26/h7-12,26H,13-16H2,1-6H3. The van der Waals surface area contributed by atoms with E-state index in [2.05, 4.69) is 27.7 Å². The van der Waals surface area contributed by atoms with E-state index in [1.54, 1.807) is 18.2 Å². The molecule has 0 fully saturated rings. The van der Waals surface area contributed by atoms with Crippen LogP contribution in [0.25, 0.3) is 0 Å². The molecule has 0 saturated carbocycles. The van der Waals surface area contributed by atoms with Gasteiger partial charge in [-0.25, -0.2) is 0 Å². The Morgan fingerprint density at radius 1 is 0.850 bits per heavy atom. The van der Waals surface area contributed by atoms with Gasteiger partial charge in [-0.2, -0.15) is 8.42 Å². The second-order valence-corrected chi connectivity index (χ2v) is 15.1. The van der Waals surface area contributed by atoms with Crippen LogP contribution in [0.15, 0.2) is 63.8 Å². The Morgan fingerprint density at radius 2 is 1.35 bits per heavy atom. The van der Waals surface area contributed by atoms with Crippen LogP contribution in [0.5, 0.6) is 5.75 Å². The summed E-state index contributed by atoms with van der Waals surface area (Å²) in [6, 6.07) is 9.25. The summed E-state index contributed by atoms with van der Waals surface area (Å²) in [4.78, 5) is 29.7. The van der Waals surface area contributed by atoms with E-state index in [1.807, 2.05) is 18.9 Å². The van der Waals surface area contributed by atoms with Crippen molar-refractivity contribution in [3.05, 3.63) is 80.1 Å². The van der Waals surface area contributed by atoms with E-state index in [0.717, 1.165) is 17.0 Å². The molecule has 1 heterocycles. The topological polar surface area (TPSA) is 80.8 Å². The van der Waals surface area contributed by atoms with Crippen molar-refractivity contribution in [2.75, 3.05) is 7.05 Å². The van der Waals surface area contributed by atoms with E-state index in [0.29, 0.717) is 42.4 Å². The monoisotopic (exact) mass is 601 g/mol. The Hall–Kier alpha value is -2.61. The first-order chi connectivity index (χ1) is 18.5. The van der Waals surface area contributed by atoms with Crippen molar-refractivity contribution in [3.63, 3.8) is 0 Å². The van der Waals surface area contributed by atoms with Crippen molar-refractivity contribution in [2.45, 2.75) is 71.1 Å². The lowest BCUT2D eigenvalue weighted by atomic mass is 9.63. The SMILES string of the molecule is Cc1ccc(S(=O)(=O)Oc2c(Cl)cc(Cl)cc2C2C3=C(CC(C)(C)CC3=O)N(C)C3=C2C(=O)CC(C)(C)C3)cc1. The van der Waals surface area contributed by atoms with Gasteiger partial charge < -0.3 is 9.08 Å². The highest BCUT2D eigenvalue weighted by molar-refractivity contribution is 7.87. The van der Waals surface area contributed by atoms with Crippen LogP contribution in [0.2, 0.25) is 10.0 Å². The molecule has 212 valence electrons. The fraction of sp³-hybridized carbons (Fsp3) is 0.419. The lowest BCUT2D eigenvalue weighted by Crippen LogP contribution is -2.43. The molecule has 0 spiro atoms. The van der Waals surface area contributed by atoms with Crippen LogP contribution >= 0.6 is 23.2 Å². The summed E-state index contributed by atoms with van der Waals surface area (Å²) >= 11 is 13.1. The van der Waals surface area contributed by atoms with Crippen LogP contribution in [0.3, 0.4) is 0 Å². The van der Waals surface area contributed by atoms with E-state index in [4.69, 9.17) is 27.4 Å². The second kappa shape index (κ2) is 9.74. The van der Waals surface area contributed by atoms with Gasteiger partial charge in [-0.1, -0.05) is 68.6 Å². The average molecular weight is 603 g/mol. The zero-order valence-corrected chi connectivity index (χ0v) is 25.9. The molecule has 3 aliphatic rings. The number of carbonyl (C=O) groups is 2. The largest absolute Gasteiger partial charge is 0.377 e. The normalized spacial score (nSPS) is 20.9. The number of halogens is 2. The lowest BCUT2D eigenvalue weighted by Gasteiger charge is -2.48. The third-order valence-electron chi connectivity index (χ3n) is 8.03. The maximum absolute atomic E-state index is 13.9. The number of ketones is 2. The summed E-state index contributed by atoms with van der Waals surface area (Å²) in [5, 5.41) is 0.226. The van der Waals surface area contributed by atoms with Crippen LogP contribution in [-0.2, 0) is 19.7 Å². The summed E-state index contributed by atoms with van der Waals surface area (Å²) in [5.41, 5.74) is 3.25. The van der Waals surface area contributed by atoms with Crippen molar-refractivity contribution in [1.82, 2.24) is 4.90 Å². The smallest absolute Gasteiger partial charge is 0.339 e. The number of allylic oxidation sites excluding steroid dienone is 4. The van der Waals surface area contributed by atoms with Gasteiger partial charge in [0.1, 0.15) is 4.90 Å². The van der Waals surface area contributed by atoms with Gasteiger partial charge in [0.25, 0.3) is 0 Å². The molecule has 2 aromatic rings. The number of hydrogen-bond acceptors (Lipinski definition) is 6. The van der Waals surface area contributed by atoms with E-state index >= 15 is 0 Å². The average Bonchev–Trinajstić information content (AvgIpc) is 2.81. The van der Waals surface area contributed by atoms with Crippen LogP contribution in [0, 0.1) is 17.8 Å². The Balaban J connectivity index is 1.77. The fourth-order valence-electron chi connectivity index (χ4n) is 6.22. The summed E-state index contributed by atoms with van der Waals surface area (Å²) in [7, 11) is -2.39. The third kappa shape index (κ3) is 5.12. The predicted molar refractivity (Wildman–Crippen MR) is 156 cm³/mol. The van der Waals surface area contributed by atoms with Gasteiger partial charge in [0, 0.05) is 58.9 Å². The van der Waals surface area contributed by atoms with Gasteiger partial charge in [0.2, 0.25) is 0 Å². The number of aryl methyl sites for hydroxylation is 1. The van der Waals surface area contributed by atoms with Crippen LogP contribution < -0.4 is 4.18 Å². The minimum absolute atomic E-state index is 0.0198. The molecule has 1 aliphatic heterocycles. The minimum Gasteiger partial charge on any atom is -0.377 e. The highest BCUT2D eigenvalue weighted by Gasteiger charge is 2.49. The summed E-state index contributed by atoms with van der Waals surface area (Å²) < 4.78 is 32.6. The van der Waals surface area contributed by atoms with Gasteiger partial charge in [0.05, 0.1) is 5.02 Å². The second-order valence-electron chi connectivity index (χ2n) is 12.8.